The van der Waals surface area contributed by atoms with Crippen molar-refractivity contribution in [2.45, 2.75) is 11.3 Å². The van der Waals surface area contributed by atoms with Gasteiger partial charge in [0, 0.05) is 25.8 Å². The number of hydrogen-bond donors (Lipinski definition) is 1. The molecule has 0 bridgehead atoms. The third kappa shape index (κ3) is 4.92. The molecule has 0 heterocycles. The van der Waals surface area contributed by atoms with Gasteiger partial charge in [0.15, 0.2) is 0 Å². The molecule has 0 atom stereocenters. The van der Waals surface area contributed by atoms with Crippen molar-refractivity contribution in [3.63, 3.8) is 0 Å². The minimum absolute atomic E-state index is 0.0414. The minimum Gasteiger partial charge on any atom is -0.375 e. The monoisotopic (exact) mass is 356 g/mol. The molecule has 0 amide bonds. The van der Waals surface area contributed by atoms with Crippen molar-refractivity contribution in [1.29, 1.82) is 0 Å². The molecule has 4 nitrogen and oxygen atoms in total. The molecule has 0 aliphatic carbocycles. The lowest BCUT2D eigenvalue weighted by molar-refractivity contribution is 0.578. The highest BCUT2D eigenvalue weighted by molar-refractivity contribution is 7.89. The van der Waals surface area contributed by atoms with Crippen LogP contribution in [0.25, 0.3) is 0 Å². The van der Waals surface area contributed by atoms with E-state index in [-0.39, 0.29) is 16.5 Å². The van der Waals surface area contributed by atoms with Gasteiger partial charge in [-0.2, -0.15) is 0 Å². The van der Waals surface area contributed by atoms with Crippen molar-refractivity contribution in [1.82, 2.24) is 4.72 Å². The van der Waals surface area contributed by atoms with Gasteiger partial charge in [-0.1, -0.05) is 29.8 Å². The summed E-state index contributed by atoms with van der Waals surface area (Å²) in [5.74, 6) is -0.643. The SMILES string of the molecule is CN(CCCNS(=O)(=O)c1ccc(F)c(Cl)c1)c1ccccc1. The number of halogens is 2. The number of nitrogens with zero attached hydrogens (tertiary/aromatic N) is 1. The number of anilines is 1. The van der Waals surface area contributed by atoms with E-state index < -0.39 is 15.8 Å². The predicted octanol–water partition coefficient (Wildman–Crippen LogP) is 3.28. The van der Waals surface area contributed by atoms with E-state index in [0.29, 0.717) is 13.0 Å². The Bertz CT molecular complexity index is 754. The van der Waals surface area contributed by atoms with E-state index in [0.717, 1.165) is 17.8 Å². The van der Waals surface area contributed by atoms with Crippen LogP contribution in [0.3, 0.4) is 0 Å². The number of hydrogen-bond acceptors (Lipinski definition) is 3. The maximum absolute atomic E-state index is 13.1. The molecular formula is C16H18ClFN2O2S. The van der Waals surface area contributed by atoms with Crippen LogP contribution >= 0.6 is 11.6 Å². The molecule has 124 valence electrons. The Morgan fingerprint density at radius 3 is 2.52 bits per heavy atom. The van der Waals surface area contributed by atoms with Crippen molar-refractivity contribution in [2.24, 2.45) is 0 Å². The quantitative estimate of drug-likeness (QED) is 0.774. The Morgan fingerprint density at radius 2 is 1.87 bits per heavy atom. The fraction of sp³-hybridized carbons (Fsp3) is 0.250. The smallest absolute Gasteiger partial charge is 0.240 e. The molecule has 2 rings (SSSR count). The van der Waals surface area contributed by atoms with Gasteiger partial charge in [0.1, 0.15) is 5.82 Å². The van der Waals surface area contributed by atoms with E-state index in [1.165, 1.54) is 6.07 Å². The van der Waals surface area contributed by atoms with Crippen molar-refractivity contribution >= 4 is 27.3 Å². The van der Waals surface area contributed by atoms with Crippen LogP contribution in [0.15, 0.2) is 53.4 Å². The molecule has 0 radical (unpaired) electrons. The summed E-state index contributed by atoms with van der Waals surface area (Å²) < 4.78 is 39.8. The van der Waals surface area contributed by atoms with Gasteiger partial charge in [-0.15, -0.1) is 0 Å². The highest BCUT2D eigenvalue weighted by atomic mass is 35.5. The average Bonchev–Trinajstić information content (AvgIpc) is 2.54. The molecule has 0 unspecified atom stereocenters. The Labute approximate surface area is 140 Å². The number of rotatable bonds is 7. The van der Waals surface area contributed by atoms with Gasteiger partial charge in [-0.25, -0.2) is 17.5 Å². The Balaban J connectivity index is 1.86. The standard InChI is InChI=1S/C16H18ClFN2O2S/c1-20(13-6-3-2-4-7-13)11-5-10-19-23(21,22)14-8-9-16(18)15(17)12-14/h2-4,6-9,12,19H,5,10-11H2,1H3. The fourth-order valence-electron chi connectivity index (χ4n) is 2.06. The van der Waals surface area contributed by atoms with E-state index in [4.69, 9.17) is 11.6 Å². The summed E-state index contributed by atoms with van der Waals surface area (Å²) in [6, 6.07) is 13.2. The number of sulfonamides is 1. The van der Waals surface area contributed by atoms with E-state index >= 15 is 0 Å². The van der Waals surface area contributed by atoms with E-state index in [9.17, 15) is 12.8 Å². The number of benzene rings is 2. The Morgan fingerprint density at radius 1 is 1.17 bits per heavy atom. The molecule has 0 saturated heterocycles. The Kier molecular flexibility index (Phi) is 5.98. The third-order valence-corrected chi connectivity index (χ3v) is 5.11. The molecule has 0 aliphatic heterocycles. The van der Waals surface area contributed by atoms with Gasteiger partial charge in [0.2, 0.25) is 10.0 Å². The lowest BCUT2D eigenvalue weighted by atomic mass is 10.3. The summed E-state index contributed by atoms with van der Waals surface area (Å²) in [4.78, 5) is 2.00. The summed E-state index contributed by atoms with van der Waals surface area (Å²) in [6.45, 7) is 0.991. The topological polar surface area (TPSA) is 49.4 Å². The molecule has 0 aromatic heterocycles. The van der Waals surface area contributed by atoms with Crippen molar-refractivity contribution in [3.05, 3.63) is 59.4 Å². The summed E-state index contributed by atoms with van der Waals surface area (Å²) in [5, 5.41) is -0.211. The second-order valence-electron chi connectivity index (χ2n) is 5.08. The predicted molar refractivity (Wildman–Crippen MR) is 90.9 cm³/mol. The van der Waals surface area contributed by atoms with Gasteiger partial charge in [-0.05, 0) is 36.8 Å². The van der Waals surface area contributed by atoms with Gasteiger partial charge in [0.05, 0.1) is 9.92 Å². The molecule has 0 fully saturated rings. The van der Waals surface area contributed by atoms with Gasteiger partial charge >= 0.3 is 0 Å². The van der Waals surface area contributed by atoms with Crippen LogP contribution in [0.2, 0.25) is 5.02 Å². The summed E-state index contributed by atoms with van der Waals surface area (Å²) >= 11 is 5.62. The molecule has 7 heteroatoms. The van der Waals surface area contributed by atoms with Crippen molar-refractivity contribution < 1.29 is 12.8 Å². The molecule has 1 N–H and O–H groups in total. The van der Waals surface area contributed by atoms with Crippen LogP contribution in [0, 0.1) is 5.82 Å². The fourth-order valence-corrected chi connectivity index (χ4v) is 3.41. The van der Waals surface area contributed by atoms with Crippen LogP contribution < -0.4 is 9.62 Å². The largest absolute Gasteiger partial charge is 0.375 e. The normalized spacial score (nSPS) is 11.4. The lowest BCUT2D eigenvalue weighted by Crippen LogP contribution is -2.28. The molecule has 2 aromatic rings. The summed E-state index contributed by atoms with van der Waals surface area (Å²) in [5.41, 5.74) is 1.07. The first-order valence-electron chi connectivity index (χ1n) is 7.11. The average molecular weight is 357 g/mol. The summed E-state index contributed by atoms with van der Waals surface area (Å²) in [7, 11) is -1.73. The van der Waals surface area contributed by atoms with Crippen LogP contribution in [0.5, 0.6) is 0 Å². The maximum Gasteiger partial charge on any atom is 0.240 e. The minimum atomic E-state index is -3.68. The van der Waals surface area contributed by atoms with Crippen LogP contribution in [-0.4, -0.2) is 28.6 Å². The van der Waals surface area contributed by atoms with Gasteiger partial charge in [-0.3, -0.25) is 0 Å². The lowest BCUT2D eigenvalue weighted by Gasteiger charge is -2.19. The molecule has 23 heavy (non-hydrogen) atoms. The zero-order chi connectivity index (χ0) is 16.9. The molecular weight excluding hydrogens is 339 g/mol. The zero-order valence-corrected chi connectivity index (χ0v) is 14.2. The van der Waals surface area contributed by atoms with Crippen LogP contribution in [0.4, 0.5) is 10.1 Å². The highest BCUT2D eigenvalue weighted by Gasteiger charge is 2.15. The van der Waals surface area contributed by atoms with Crippen molar-refractivity contribution in [3.8, 4) is 0 Å². The Hall–Kier alpha value is -1.63. The maximum atomic E-state index is 13.1. The molecule has 0 saturated carbocycles. The second-order valence-corrected chi connectivity index (χ2v) is 7.26. The first kappa shape index (κ1) is 17.7. The van der Waals surface area contributed by atoms with E-state index in [1.807, 2.05) is 42.3 Å². The highest BCUT2D eigenvalue weighted by Crippen LogP contribution is 2.19. The van der Waals surface area contributed by atoms with E-state index in [1.54, 1.807) is 0 Å². The van der Waals surface area contributed by atoms with Crippen LogP contribution in [0.1, 0.15) is 6.42 Å². The second kappa shape index (κ2) is 7.77. The van der Waals surface area contributed by atoms with Crippen LogP contribution in [-0.2, 0) is 10.0 Å². The third-order valence-electron chi connectivity index (χ3n) is 3.36. The number of nitrogens with one attached hydrogen (secondary N) is 1. The molecule has 0 aliphatic rings. The summed E-state index contributed by atoms with van der Waals surface area (Å²) in [6.07, 6.45) is 0.638. The van der Waals surface area contributed by atoms with Gasteiger partial charge in [0.25, 0.3) is 0 Å². The first-order valence-corrected chi connectivity index (χ1v) is 8.97. The number of para-hydroxylation sites is 1. The van der Waals surface area contributed by atoms with Crippen molar-refractivity contribution in [2.75, 3.05) is 25.0 Å². The van der Waals surface area contributed by atoms with E-state index in [2.05, 4.69) is 4.72 Å². The van der Waals surface area contributed by atoms with Gasteiger partial charge < -0.3 is 4.90 Å². The first-order chi connectivity index (χ1) is 10.9. The molecule has 2 aromatic carbocycles. The molecule has 0 spiro atoms. The zero-order valence-electron chi connectivity index (χ0n) is 12.7.